The highest BCUT2D eigenvalue weighted by molar-refractivity contribution is 6.31. The molecule has 34 heavy (non-hydrogen) atoms. The second-order valence-corrected chi connectivity index (χ2v) is 7.56. The summed E-state index contributed by atoms with van der Waals surface area (Å²) < 4.78 is 19.1. The predicted molar refractivity (Wildman–Crippen MR) is 126 cm³/mol. The lowest BCUT2D eigenvalue weighted by Gasteiger charge is -2.13. The van der Waals surface area contributed by atoms with Crippen molar-refractivity contribution in [2.45, 2.75) is 6.92 Å². The average Bonchev–Trinajstić information content (AvgIpc) is 2.81. The SMILES string of the molecule is COc1ccc(Cl)cc1C(=O)N/C(=C\c1cccc([N+](=O)[O-])c1)C(=O)Nc1ccc(C)c(F)c1. The van der Waals surface area contributed by atoms with Gasteiger partial charge in [0.25, 0.3) is 17.5 Å². The number of anilines is 1. The average molecular weight is 484 g/mol. The van der Waals surface area contributed by atoms with Gasteiger partial charge in [-0.05, 0) is 54.5 Å². The fraction of sp³-hybridized carbons (Fsp3) is 0.0833. The van der Waals surface area contributed by atoms with Crippen LogP contribution in [0.3, 0.4) is 0 Å². The minimum Gasteiger partial charge on any atom is -0.496 e. The highest BCUT2D eigenvalue weighted by Crippen LogP contribution is 2.23. The van der Waals surface area contributed by atoms with Crippen LogP contribution in [0.1, 0.15) is 21.5 Å². The largest absolute Gasteiger partial charge is 0.496 e. The number of nitrogens with one attached hydrogen (secondary N) is 2. The van der Waals surface area contributed by atoms with Crippen molar-refractivity contribution in [2.24, 2.45) is 0 Å². The molecular weight excluding hydrogens is 465 g/mol. The summed E-state index contributed by atoms with van der Waals surface area (Å²) in [5.41, 5.74) is 0.465. The number of ether oxygens (including phenoxy) is 1. The first-order valence-corrected chi connectivity index (χ1v) is 10.2. The number of nitrogens with zero attached hydrogens (tertiary/aromatic N) is 1. The summed E-state index contributed by atoms with van der Waals surface area (Å²) in [6, 6.07) is 14.0. The van der Waals surface area contributed by atoms with Gasteiger partial charge in [-0.15, -0.1) is 0 Å². The molecule has 2 N–H and O–H groups in total. The molecule has 0 bridgehead atoms. The van der Waals surface area contributed by atoms with E-state index in [0.717, 1.165) is 6.07 Å². The second kappa shape index (κ2) is 10.6. The first-order valence-electron chi connectivity index (χ1n) is 9.86. The number of rotatable bonds is 7. The molecule has 0 heterocycles. The number of benzene rings is 3. The van der Waals surface area contributed by atoms with Gasteiger partial charge in [-0.3, -0.25) is 19.7 Å². The molecule has 0 aliphatic carbocycles. The Balaban J connectivity index is 1.99. The zero-order valence-electron chi connectivity index (χ0n) is 18.1. The molecule has 0 saturated heterocycles. The predicted octanol–water partition coefficient (Wildman–Crippen LogP) is 5.11. The van der Waals surface area contributed by atoms with Crippen LogP contribution in [0.5, 0.6) is 5.75 Å². The number of hydrogen-bond acceptors (Lipinski definition) is 5. The van der Waals surface area contributed by atoms with Crippen molar-refractivity contribution in [1.29, 1.82) is 0 Å². The lowest BCUT2D eigenvalue weighted by Crippen LogP contribution is -2.31. The van der Waals surface area contributed by atoms with E-state index in [0.29, 0.717) is 5.56 Å². The number of nitro groups is 1. The molecule has 0 atom stereocenters. The molecule has 8 nitrogen and oxygen atoms in total. The number of carbonyl (C=O) groups excluding carboxylic acids is 2. The molecule has 3 rings (SSSR count). The highest BCUT2D eigenvalue weighted by atomic mass is 35.5. The van der Waals surface area contributed by atoms with Crippen LogP contribution < -0.4 is 15.4 Å². The summed E-state index contributed by atoms with van der Waals surface area (Å²) in [7, 11) is 1.37. The molecule has 3 aromatic carbocycles. The Morgan fingerprint density at radius 3 is 2.56 bits per heavy atom. The summed E-state index contributed by atoms with van der Waals surface area (Å²) in [5, 5.41) is 16.4. The van der Waals surface area contributed by atoms with Crippen molar-refractivity contribution >= 4 is 40.9 Å². The van der Waals surface area contributed by atoms with Crippen molar-refractivity contribution in [2.75, 3.05) is 12.4 Å². The van der Waals surface area contributed by atoms with E-state index in [1.54, 1.807) is 6.92 Å². The number of methoxy groups -OCH3 is 1. The summed E-state index contributed by atoms with van der Waals surface area (Å²) >= 11 is 6.00. The fourth-order valence-corrected chi connectivity index (χ4v) is 3.14. The maximum atomic E-state index is 13.9. The lowest BCUT2D eigenvalue weighted by atomic mass is 10.1. The van der Waals surface area contributed by atoms with E-state index in [2.05, 4.69) is 10.6 Å². The Kier molecular flexibility index (Phi) is 7.60. The van der Waals surface area contributed by atoms with Gasteiger partial charge >= 0.3 is 0 Å². The molecule has 3 aromatic rings. The topological polar surface area (TPSA) is 111 Å². The number of amides is 2. The molecule has 10 heteroatoms. The van der Waals surface area contributed by atoms with Crippen molar-refractivity contribution in [3.05, 3.63) is 104 Å². The maximum Gasteiger partial charge on any atom is 0.272 e. The van der Waals surface area contributed by atoms with Crippen LogP contribution in [-0.2, 0) is 4.79 Å². The van der Waals surface area contributed by atoms with Gasteiger partial charge in [0, 0.05) is 22.8 Å². The lowest BCUT2D eigenvalue weighted by molar-refractivity contribution is -0.384. The van der Waals surface area contributed by atoms with Crippen LogP contribution in [0.2, 0.25) is 5.02 Å². The minimum atomic E-state index is -0.774. The van der Waals surface area contributed by atoms with Gasteiger partial charge in [-0.25, -0.2) is 4.39 Å². The molecule has 0 saturated carbocycles. The van der Waals surface area contributed by atoms with Crippen LogP contribution in [-0.4, -0.2) is 23.8 Å². The van der Waals surface area contributed by atoms with E-state index in [9.17, 15) is 24.1 Å². The molecule has 2 amide bonds. The number of halogens is 2. The number of non-ortho nitro benzene ring substituents is 1. The zero-order chi connectivity index (χ0) is 24.8. The number of nitro benzene ring substituents is 1. The second-order valence-electron chi connectivity index (χ2n) is 7.13. The third kappa shape index (κ3) is 5.96. The number of aryl methyl sites for hydroxylation is 1. The number of hydrogen-bond donors (Lipinski definition) is 2. The van der Waals surface area contributed by atoms with E-state index < -0.39 is 22.6 Å². The van der Waals surface area contributed by atoms with Gasteiger partial charge in [0.2, 0.25) is 0 Å². The van der Waals surface area contributed by atoms with Crippen LogP contribution in [0, 0.1) is 22.9 Å². The van der Waals surface area contributed by atoms with Crippen molar-refractivity contribution in [3.8, 4) is 5.75 Å². The molecule has 0 fully saturated rings. The van der Waals surface area contributed by atoms with Crippen LogP contribution >= 0.6 is 11.6 Å². The minimum absolute atomic E-state index is 0.0640. The molecule has 0 aliphatic heterocycles. The van der Waals surface area contributed by atoms with Crippen molar-refractivity contribution in [3.63, 3.8) is 0 Å². The van der Waals surface area contributed by atoms with Crippen LogP contribution in [0.25, 0.3) is 6.08 Å². The van der Waals surface area contributed by atoms with E-state index in [1.807, 2.05) is 0 Å². The standard InChI is InChI=1S/C24H19ClFN3O5/c1-14-6-8-17(13-20(14)26)27-24(31)21(11-15-4-3-5-18(10-15)29(32)33)28-23(30)19-12-16(25)7-9-22(19)34-2/h3-13H,1-2H3,(H,27,31)(H,28,30)/b21-11-. The first-order chi connectivity index (χ1) is 16.2. The van der Waals surface area contributed by atoms with Gasteiger partial charge in [-0.1, -0.05) is 29.8 Å². The normalized spacial score (nSPS) is 11.0. The van der Waals surface area contributed by atoms with Gasteiger partial charge in [0.15, 0.2) is 0 Å². The van der Waals surface area contributed by atoms with Gasteiger partial charge in [-0.2, -0.15) is 0 Å². The highest BCUT2D eigenvalue weighted by Gasteiger charge is 2.19. The maximum absolute atomic E-state index is 13.9. The van der Waals surface area contributed by atoms with E-state index in [-0.39, 0.29) is 39.0 Å². The molecule has 174 valence electrons. The van der Waals surface area contributed by atoms with Gasteiger partial charge < -0.3 is 15.4 Å². The van der Waals surface area contributed by atoms with Crippen molar-refractivity contribution < 1.29 is 23.6 Å². The monoisotopic (exact) mass is 483 g/mol. The molecule has 0 spiro atoms. The van der Waals surface area contributed by atoms with Crippen molar-refractivity contribution in [1.82, 2.24) is 5.32 Å². The Morgan fingerprint density at radius 2 is 1.88 bits per heavy atom. The molecular formula is C24H19ClFN3O5. The smallest absolute Gasteiger partial charge is 0.272 e. The Hall–Kier alpha value is -4.24. The van der Waals surface area contributed by atoms with Gasteiger partial charge in [0.05, 0.1) is 17.6 Å². The summed E-state index contributed by atoms with van der Waals surface area (Å²) in [5.74, 6) is -1.78. The zero-order valence-corrected chi connectivity index (χ0v) is 18.9. The van der Waals surface area contributed by atoms with Crippen LogP contribution in [0.15, 0.2) is 66.4 Å². The molecule has 0 radical (unpaired) electrons. The fourth-order valence-electron chi connectivity index (χ4n) is 2.97. The molecule has 0 aliphatic rings. The van der Waals surface area contributed by atoms with E-state index in [1.165, 1.54) is 67.8 Å². The summed E-state index contributed by atoms with van der Waals surface area (Å²) in [4.78, 5) is 36.5. The molecule has 0 unspecified atom stereocenters. The van der Waals surface area contributed by atoms with E-state index >= 15 is 0 Å². The summed E-state index contributed by atoms with van der Waals surface area (Å²) in [6.45, 7) is 1.58. The Bertz CT molecular complexity index is 1310. The Morgan fingerprint density at radius 1 is 1.12 bits per heavy atom. The Labute approximate surface area is 199 Å². The third-order valence-corrected chi connectivity index (χ3v) is 4.96. The van der Waals surface area contributed by atoms with Gasteiger partial charge in [0.1, 0.15) is 17.3 Å². The third-order valence-electron chi connectivity index (χ3n) is 4.72. The first kappa shape index (κ1) is 24.4. The van der Waals surface area contributed by atoms with E-state index in [4.69, 9.17) is 16.3 Å². The summed E-state index contributed by atoms with van der Waals surface area (Å²) in [6.07, 6.45) is 1.27. The van der Waals surface area contributed by atoms with Crippen LogP contribution in [0.4, 0.5) is 15.8 Å². The molecule has 0 aromatic heterocycles. The number of carbonyl (C=O) groups is 2. The quantitative estimate of drug-likeness (QED) is 0.275.